The van der Waals surface area contributed by atoms with E-state index in [2.05, 4.69) is 102 Å². The summed E-state index contributed by atoms with van der Waals surface area (Å²) < 4.78 is 15.9. The highest BCUT2D eigenvalue weighted by molar-refractivity contribution is 9.11. The van der Waals surface area contributed by atoms with Gasteiger partial charge < -0.3 is 9.47 Å². The molecule has 0 saturated carbocycles. The van der Waals surface area contributed by atoms with Gasteiger partial charge in [-0.15, -0.1) is 0 Å². The van der Waals surface area contributed by atoms with E-state index in [9.17, 15) is 0 Å². The Morgan fingerprint density at radius 3 is 0.966 bits per heavy atom. The summed E-state index contributed by atoms with van der Waals surface area (Å²) in [6.45, 7) is 16.7. The van der Waals surface area contributed by atoms with Crippen LogP contribution in [-0.2, 0) is 5.41 Å². The van der Waals surface area contributed by atoms with Crippen LogP contribution in [0.15, 0.2) is 42.2 Å². The van der Waals surface area contributed by atoms with Crippen LogP contribution in [0.3, 0.4) is 0 Å². The molecule has 2 rings (SSSR count). The van der Waals surface area contributed by atoms with Crippen molar-refractivity contribution >= 4 is 63.7 Å². The van der Waals surface area contributed by atoms with Crippen molar-refractivity contribution in [2.75, 3.05) is 0 Å². The lowest BCUT2D eigenvalue weighted by molar-refractivity contribution is 0.128. The lowest BCUT2D eigenvalue weighted by Crippen LogP contribution is -2.25. The van der Waals surface area contributed by atoms with E-state index in [1.54, 1.807) is 0 Å². The molecular formula is C23H28Br4O2. The van der Waals surface area contributed by atoms with E-state index >= 15 is 0 Å². The van der Waals surface area contributed by atoms with Crippen molar-refractivity contribution < 1.29 is 9.47 Å². The van der Waals surface area contributed by atoms with Gasteiger partial charge in [-0.05, 0) is 141 Å². The van der Waals surface area contributed by atoms with Crippen LogP contribution in [0.1, 0.15) is 66.5 Å². The van der Waals surface area contributed by atoms with Crippen molar-refractivity contribution in [1.29, 1.82) is 0 Å². The highest BCUT2D eigenvalue weighted by Gasteiger charge is 2.28. The summed E-state index contributed by atoms with van der Waals surface area (Å²) in [5.41, 5.74) is 1.54. The Labute approximate surface area is 208 Å². The van der Waals surface area contributed by atoms with Crippen LogP contribution in [0.2, 0.25) is 0 Å². The number of ether oxygens (including phenoxy) is 2. The van der Waals surface area contributed by atoms with Crippen molar-refractivity contribution in [3.8, 4) is 11.5 Å². The van der Waals surface area contributed by atoms with Crippen LogP contribution in [-0.4, -0.2) is 11.2 Å². The predicted octanol–water partition coefficient (Wildman–Crippen LogP) is 9.42. The molecular weight excluding hydrogens is 628 g/mol. The van der Waals surface area contributed by atoms with Gasteiger partial charge in [-0.2, -0.15) is 0 Å². The molecule has 0 N–H and O–H groups in total. The first-order valence-corrected chi connectivity index (χ1v) is 12.6. The summed E-state index contributed by atoms with van der Waals surface area (Å²) in [5.74, 6) is 1.63. The molecule has 2 aromatic rings. The van der Waals surface area contributed by atoms with Crippen molar-refractivity contribution in [1.82, 2.24) is 0 Å². The smallest absolute Gasteiger partial charge is 0.148 e. The second kappa shape index (κ2) is 8.84. The molecule has 160 valence electrons. The summed E-state index contributed by atoms with van der Waals surface area (Å²) in [6.07, 6.45) is 0. The van der Waals surface area contributed by atoms with Crippen molar-refractivity contribution in [2.45, 2.75) is 72.0 Å². The number of rotatable bonds is 4. The van der Waals surface area contributed by atoms with Crippen molar-refractivity contribution in [3.63, 3.8) is 0 Å². The third kappa shape index (κ3) is 6.47. The van der Waals surface area contributed by atoms with E-state index in [-0.39, 0.29) is 16.6 Å². The quantitative estimate of drug-likeness (QED) is 0.327. The summed E-state index contributed by atoms with van der Waals surface area (Å²) in [4.78, 5) is 0. The third-order valence-corrected chi connectivity index (χ3v) is 6.61. The minimum absolute atomic E-state index is 0.239. The van der Waals surface area contributed by atoms with Gasteiger partial charge in [0.1, 0.15) is 22.7 Å². The largest absolute Gasteiger partial charge is 0.486 e. The monoisotopic (exact) mass is 652 g/mol. The van der Waals surface area contributed by atoms with Crippen molar-refractivity contribution in [2.24, 2.45) is 0 Å². The van der Waals surface area contributed by atoms with Gasteiger partial charge in [-0.1, -0.05) is 13.8 Å². The van der Waals surface area contributed by atoms with Gasteiger partial charge in [0.15, 0.2) is 0 Å². The number of hydrogen-bond donors (Lipinski definition) is 0. The van der Waals surface area contributed by atoms with Gasteiger partial charge in [0.2, 0.25) is 0 Å². The Bertz CT molecular complexity index is 787. The summed E-state index contributed by atoms with van der Waals surface area (Å²) in [6, 6.07) is 8.53. The molecule has 0 fully saturated rings. The number of hydrogen-bond acceptors (Lipinski definition) is 2. The van der Waals surface area contributed by atoms with Gasteiger partial charge >= 0.3 is 0 Å². The van der Waals surface area contributed by atoms with Crippen molar-refractivity contribution in [3.05, 3.63) is 53.3 Å². The Morgan fingerprint density at radius 1 is 0.517 bits per heavy atom. The molecule has 0 spiro atoms. The van der Waals surface area contributed by atoms with Crippen LogP contribution >= 0.6 is 63.7 Å². The predicted molar refractivity (Wildman–Crippen MR) is 137 cm³/mol. The zero-order chi connectivity index (χ0) is 22.4. The molecule has 0 unspecified atom stereocenters. The molecule has 0 bridgehead atoms. The Balaban J connectivity index is 2.50. The van der Waals surface area contributed by atoms with Crippen LogP contribution in [0, 0.1) is 0 Å². The van der Waals surface area contributed by atoms with Gasteiger partial charge in [0, 0.05) is 5.41 Å². The van der Waals surface area contributed by atoms with Gasteiger partial charge in [-0.25, -0.2) is 0 Å². The molecule has 0 radical (unpaired) electrons. The van der Waals surface area contributed by atoms with E-state index in [0.717, 1.165) is 29.4 Å². The molecule has 0 aromatic heterocycles. The lowest BCUT2D eigenvalue weighted by Gasteiger charge is -2.30. The first-order chi connectivity index (χ1) is 13.0. The highest BCUT2D eigenvalue weighted by Crippen LogP contribution is 2.45. The molecule has 2 aromatic carbocycles. The molecule has 0 aliphatic rings. The summed E-state index contributed by atoms with van der Waals surface area (Å²) >= 11 is 14.8. The molecule has 0 aliphatic carbocycles. The zero-order valence-electron chi connectivity index (χ0n) is 18.1. The maximum absolute atomic E-state index is 6.11. The molecule has 29 heavy (non-hydrogen) atoms. The van der Waals surface area contributed by atoms with E-state index in [4.69, 9.17) is 9.47 Å². The number of benzene rings is 2. The minimum atomic E-state index is -0.277. The van der Waals surface area contributed by atoms with Crippen LogP contribution in [0.4, 0.5) is 0 Å². The molecule has 6 heteroatoms. The van der Waals surface area contributed by atoms with Gasteiger partial charge in [0.05, 0.1) is 17.9 Å². The Hall–Kier alpha value is -0.0400. The average molecular weight is 656 g/mol. The minimum Gasteiger partial charge on any atom is -0.486 e. The SMILES string of the molecule is CC(C)(C)Oc1c(Br)cc(C(C)(C)c2cc(Br)c(OC(C)(C)C)c(Br)c2)cc1Br. The topological polar surface area (TPSA) is 18.5 Å². The average Bonchev–Trinajstić information content (AvgIpc) is 2.52. The van der Waals surface area contributed by atoms with E-state index in [1.165, 1.54) is 11.1 Å². The zero-order valence-corrected chi connectivity index (χ0v) is 24.5. The maximum Gasteiger partial charge on any atom is 0.148 e. The van der Waals surface area contributed by atoms with E-state index < -0.39 is 0 Å². The first kappa shape index (κ1) is 25.2. The molecule has 0 aliphatic heterocycles. The first-order valence-electron chi connectivity index (χ1n) is 9.38. The van der Waals surface area contributed by atoms with Crippen LogP contribution < -0.4 is 9.47 Å². The second-order valence-electron chi connectivity index (χ2n) is 9.59. The lowest BCUT2D eigenvalue weighted by atomic mass is 9.78. The fourth-order valence-corrected chi connectivity index (χ4v) is 5.51. The maximum atomic E-state index is 6.11. The molecule has 2 nitrogen and oxygen atoms in total. The molecule has 0 atom stereocenters. The Morgan fingerprint density at radius 2 is 0.759 bits per heavy atom. The van der Waals surface area contributed by atoms with E-state index in [1.807, 2.05) is 41.5 Å². The normalized spacial score (nSPS) is 12.8. The summed E-state index contributed by atoms with van der Waals surface area (Å²) in [5, 5.41) is 0. The number of halogens is 4. The highest BCUT2D eigenvalue weighted by atomic mass is 79.9. The van der Waals surface area contributed by atoms with Crippen LogP contribution in [0.25, 0.3) is 0 Å². The Kier molecular flexibility index (Phi) is 7.68. The third-order valence-electron chi connectivity index (χ3n) is 4.26. The fraction of sp³-hybridized carbons (Fsp3) is 0.478. The second-order valence-corrected chi connectivity index (χ2v) is 13.0. The van der Waals surface area contributed by atoms with E-state index in [0.29, 0.717) is 0 Å². The fourth-order valence-electron chi connectivity index (χ4n) is 2.82. The molecule has 0 amide bonds. The molecule has 0 heterocycles. The molecule has 0 saturated heterocycles. The summed E-state index contributed by atoms with van der Waals surface area (Å²) in [7, 11) is 0. The van der Waals surface area contributed by atoms with Crippen LogP contribution in [0.5, 0.6) is 11.5 Å². The van der Waals surface area contributed by atoms with Gasteiger partial charge in [0.25, 0.3) is 0 Å². The standard InChI is InChI=1S/C23H28Br4O2/c1-21(2,3)28-19-15(24)9-13(10-16(19)25)23(7,8)14-11-17(26)20(18(27)12-14)29-22(4,5)6/h9-12H,1-8H3. The van der Waals surface area contributed by atoms with Gasteiger partial charge in [-0.3, -0.25) is 0 Å².